The molecule has 1 rings (SSSR count). The maximum atomic E-state index is 3.07. The number of unbranched alkanes of at least 4 members (excludes halogenated alkanes) is 1. The van der Waals surface area contributed by atoms with Gasteiger partial charge in [-0.3, -0.25) is 0 Å². The minimum atomic E-state index is 0.985. The first-order valence-electron chi connectivity index (χ1n) is 4.63. The highest BCUT2D eigenvalue weighted by Gasteiger charge is 1.79. The monoisotopic (exact) mass is 170 g/mol. The molecule has 0 nitrogen and oxygen atoms in total. The van der Waals surface area contributed by atoms with Gasteiger partial charge < -0.3 is 0 Å². The second-order valence-electron chi connectivity index (χ2n) is 2.82. The summed E-state index contributed by atoms with van der Waals surface area (Å²) in [5.41, 5.74) is 1.20. The summed E-state index contributed by atoms with van der Waals surface area (Å²) in [5, 5.41) is 0. The van der Waals surface area contributed by atoms with E-state index in [1.165, 1.54) is 5.56 Å². The Balaban J connectivity index is 2.47. The Kier molecular flexibility index (Phi) is 4.49. The molecule has 0 heteroatoms. The van der Waals surface area contributed by atoms with Crippen LogP contribution in [0.2, 0.25) is 0 Å². The van der Waals surface area contributed by atoms with Crippen LogP contribution < -0.4 is 0 Å². The molecule has 0 fully saturated rings. The molecule has 0 bridgehead atoms. The van der Waals surface area contributed by atoms with E-state index in [9.17, 15) is 0 Å². The number of hydrogen-bond acceptors (Lipinski definition) is 0. The summed E-state index contributed by atoms with van der Waals surface area (Å²) in [5.74, 6) is 6.07. The Morgan fingerprint density at radius 3 is 2.69 bits per heavy atom. The fourth-order valence-corrected chi connectivity index (χ4v) is 0.958. The predicted molar refractivity (Wildman–Crippen MR) is 58.2 cm³/mol. The number of benzene rings is 1. The summed E-state index contributed by atoms with van der Waals surface area (Å²) in [6, 6.07) is 10.2. The average molecular weight is 170 g/mol. The highest BCUT2D eigenvalue weighted by Crippen LogP contribution is 1.99. The molecule has 66 valence electrons. The van der Waals surface area contributed by atoms with Crippen LogP contribution in [-0.4, -0.2) is 0 Å². The summed E-state index contributed by atoms with van der Waals surface area (Å²) in [6.07, 6.45) is 6.05. The third kappa shape index (κ3) is 4.18. The second-order valence-corrected chi connectivity index (χ2v) is 2.82. The van der Waals surface area contributed by atoms with Crippen molar-refractivity contribution in [3.8, 4) is 11.8 Å². The van der Waals surface area contributed by atoms with Crippen LogP contribution in [0, 0.1) is 11.8 Å². The van der Waals surface area contributed by atoms with Gasteiger partial charge in [0, 0.05) is 6.42 Å². The maximum Gasteiger partial charge on any atom is 0.00896 e. The Morgan fingerprint density at radius 2 is 2.00 bits per heavy atom. The van der Waals surface area contributed by atoms with Crippen LogP contribution in [0.1, 0.15) is 25.3 Å². The minimum Gasteiger partial charge on any atom is -0.0985 e. The third-order valence-corrected chi connectivity index (χ3v) is 1.64. The fourth-order valence-electron chi connectivity index (χ4n) is 0.958. The van der Waals surface area contributed by atoms with Gasteiger partial charge >= 0.3 is 0 Å². The van der Waals surface area contributed by atoms with Gasteiger partial charge in [0.25, 0.3) is 0 Å². The zero-order chi connectivity index (χ0) is 9.36. The molecule has 0 spiro atoms. The van der Waals surface area contributed by atoms with E-state index in [2.05, 4.69) is 30.9 Å². The van der Waals surface area contributed by atoms with Gasteiger partial charge in [-0.1, -0.05) is 49.1 Å². The molecular formula is C13H14. The lowest BCUT2D eigenvalue weighted by Gasteiger charge is -1.87. The molecule has 0 amide bonds. The van der Waals surface area contributed by atoms with Crippen LogP contribution in [0.25, 0.3) is 6.08 Å². The molecule has 0 aliphatic carbocycles. The van der Waals surface area contributed by atoms with Crippen molar-refractivity contribution in [2.75, 3.05) is 0 Å². The van der Waals surface area contributed by atoms with Crippen molar-refractivity contribution in [2.24, 2.45) is 0 Å². The van der Waals surface area contributed by atoms with Crippen LogP contribution in [0.4, 0.5) is 0 Å². The first-order chi connectivity index (χ1) is 6.43. The van der Waals surface area contributed by atoms with E-state index in [4.69, 9.17) is 0 Å². The normalized spacial score (nSPS) is 9.62. The van der Waals surface area contributed by atoms with E-state index in [1.54, 1.807) is 0 Å². The summed E-state index contributed by atoms with van der Waals surface area (Å²) in [6.45, 7) is 2.13. The molecule has 0 N–H and O–H groups in total. The lowest BCUT2D eigenvalue weighted by atomic mass is 10.2. The molecule has 0 aliphatic heterocycles. The quantitative estimate of drug-likeness (QED) is 0.596. The zero-order valence-electron chi connectivity index (χ0n) is 7.96. The molecule has 0 unspecified atom stereocenters. The van der Waals surface area contributed by atoms with Crippen molar-refractivity contribution in [1.29, 1.82) is 0 Å². The average Bonchev–Trinajstić information content (AvgIpc) is 2.19. The van der Waals surface area contributed by atoms with Gasteiger partial charge in [-0.2, -0.15) is 0 Å². The highest BCUT2D eigenvalue weighted by molar-refractivity contribution is 5.52. The number of rotatable bonds is 2. The number of hydrogen-bond donors (Lipinski definition) is 0. The van der Waals surface area contributed by atoms with Crippen LogP contribution >= 0.6 is 0 Å². The van der Waals surface area contributed by atoms with E-state index in [-0.39, 0.29) is 0 Å². The molecule has 0 atom stereocenters. The first kappa shape index (κ1) is 9.61. The van der Waals surface area contributed by atoms with E-state index in [0.717, 1.165) is 12.8 Å². The fraction of sp³-hybridized carbons (Fsp3) is 0.231. The maximum absolute atomic E-state index is 3.07. The molecule has 0 aromatic heterocycles. The van der Waals surface area contributed by atoms with Gasteiger partial charge in [-0.15, -0.1) is 0 Å². The smallest absolute Gasteiger partial charge is 0.00896 e. The van der Waals surface area contributed by atoms with Gasteiger partial charge in [-0.25, -0.2) is 0 Å². The van der Waals surface area contributed by atoms with Crippen molar-refractivity contribution in [1.82, 2.24) is 0 Å². The molecule has 1 aromatic rings. The van der Waals surface area contributed by atoms with Crippen LogP contribution in [0.5, 0.6) is 0 Å². The lowest BCUT2D eigenvalue weighted by molar-refractivity contribution is 0.983. The summed E-state index contributed by atoms with van der Waals surface area (Å²) >= 11 is 0. The van der Waals surface area contributed by atoms with Gasteiger partial charge in [0.15, 0.2) is 0 Å². The van der Waals surface area contributed by atoms with Crippen molar-refractivity contribution in [3.63, 3.8) is 0 Å². The van der Waals surface area contributed by atoms with Gasteiger partial charge in [0.1, 0.15) is 0 Å². The molecule has 1 aromatic carbocycles. The summed E-state index contributed by atoms with van der Waals surface area (Å²) in [4.78, 5) is 0. The van der Waals surface area contributed by atoms with Gasteiger partial charge in [0.05, 0.1) is 0 Å². The van der Waals surface area contributed by atoms with E-state index >= 15 is 0 Å². The number of allylic oxidation sites excluding steroid dienone is 1. The Bertz CT molecular complexity index is 309. The van der Waals surface area contributed by atoms with Crippen LogP contribution in [0.3, 0.4) is 0 Å². The molecule has 0 saturated heterocycles. The van der Waals surface area contributed by atoms with Gasteiger partial charge in [0.2, 0.25) is 0 Å². The van der Waals surface area contributed by atoms with E-state index < -0.39 is 0 Å². The van der Waals surface area contributed by atoms with Crippen molar-refractivity contribution in [3.05, 3.63) is 42.0 Å². The van der Waals surface area contributed by atoms with Crippen LogP contribution in [0.15, 0.2) is 36.4 Å². The SMILES string of the molecule is CCCC#C/C=C\c1ccccc1. The van der Waals surface area contributed by atoms with Crippen molar-refractivity contribution < 1.29 is 0 Å². The topological polar surface area (TPSA) is 0 Å². The highest BCUT2D eigenvalue weighted by atomic mass is 13.8. The Hall–Kier alpha value is -1.48. The zero-order valence-corrected chi connectivity index (χ0v) is 7.96. The van der Waals surface area contributed by atoms with Crippen molar-refractivity contribution in [2.45, 2.75) is 19.8 Å². The molecule has 0 radical (unpaired) electrons. The largest absolute Gasteiger partial charge is 0.0985 e. The molecule has 0 heterocycles. The van der Waals surface area contributed by atoms with Gasteiger partial charge in [-0.05, 0) is 24.1 Å². The van der Waals surface area contributed by atoms with Crippen molar-refractivity contribution >= 4 is 6.08 Å². The molecule has 13 heavy (non-hydrogen) atoms. The third-order valence-electron chi connectivity index (χ3n) is 1.64. The first-order valence-corrected chi connectivity index (χ1v) is 4.63. The molecule has 0 saturated carbocycles. The van der Waals surface area contributed by atoms with E-state index in [1.807, 2.05) is 30.4 Å². The summed E-state index contributed by atoms with van der Waals surface area (Å²) in [7, 11) is 0. The van der Waals surface area contributed by atoms with Crippen LogP contribution in [-0.2, 0) is 0 Å². The minimum absolute atomic E-state index is 0.985. The summed E-state index contributed by atoms with van der Waals surface area (Å²) < 4.78 is 0. The Morgan fingerprint density at radius 1 is 1.23 bits per heavy atom. The second kappa shape index (κ2) is 6.08. The predicted octanol–water partition coefficient (Wildman–Crippen LogP) is 3.50. The van der Waals surface area contributed by atoms with E-state index in [0.29, 0.717) is 0 Å². The Labute approximate surface area is 80.3 Å². The molecule has 0 aliphatic rings. The lowest BCUT2D eigenvalue weighted by Crippen LogP contribution is -1.67. The standard InChI is InChI=1S/C13H14/c1-2-3-4-5-7-10-13-11-8-6-9-12-13/h6-12H,2-3H2,1H3/b10-7-. The molecular weight excluding hydrogens is 156 g/mol.